The summed E-state index contributed by atoms with van der Waals surface area (Å²) < 4.78 is 11.3. The summed E-state index contributed by atoms with van der Waals surface area (Å²) in [4.78, 5) is 22.1. The number of rotatable bonds is 5. The summed E-state index contributed by atoms with van der Waals surface area (Å²) in [6.45, 7) is 3.22. The van der Waals surface area contributed by atoms with Crippen LogP contribution in [0.5, 0.6) is 11.6 Å². The first-order chi connectivity index (χ1) is 11.2. The van der Waals surface area contributed by atoms with Gasteiger partial charge in [0.25, 0.3) is 5.91 Å². The molecule has 1 atom stereocenters. The maximum atomic E-state index is 12.2. The van der Waals surface area contributed by atoms with Crippen LogP contribution in [-0.2, 0) is 4.79 Å². The first kappa shape index (κ1) is 15.3. The minimum absolute atomic E-state index is 0.0292. The van der Waals surface area contributed by atoms with Crippen LogP contribution in [0.25, 0.3) is 0 Å². The summed E-state index contributed by atoms with van der Waals surface area (Å²) in [6, 6.07) is 7.67. The molecule has 1 aliphatic heterocycles. The number of benzene rings is 1. The second kappa shape index (κ2) is 7.09. The summed E-state index contributed by atoms with van der Waals surface area (Å²) >= 11 is 0. The Balaban J connectivity index is 1.49. The quantitative estimate of drug-likeness (QED) is 0.843. The normalized spacial score (nSPS) is 17.1. The van der Waals surface area contributed by atoms with Gasteiger partial charge in [-0.05, 0) is 18.6 Å². The van der Waals surface area contributed by atoms with Gasteiger partial charge in [0, 0.05) is 25.4 Å². The lowest BCUT2D eigenvalue weighted by Crippen LogP contribution is -2.34. The molecule has 120 valence electrons. The average molecular weight is 313 g/mol. The van der Waals surface area contributed by atoms with Gasteiger partial charge in [0.1, 0.15) is 11.9 Å². The van der Waals surface area contributed by atoms with Crippen molar-refractivity contribution in [1.82, 2.24) is 14.9 Å². The predicted octanol–water partition coefficient (Wildman–Crippen LogP) is 1.84. The van der Waals surface area contributed by atoms with Crippen molar-refractivity contribution in [3.05, 3.63) is 48.4 Å². The van der Waals surface area contributed by atoms with Crippen LogP contribution >= 0.6 is 0 Å². The zero-order valence-electron chi connectivity index (χ0n) is 13.0. The van der Waals surface area contributed by atoms with Crippen molar-refractivity contribution in [2.45, 2.75) is 19.4 Å². The van der Waals surface area contributed by atoms with E-state index in [1.54, 1.807) is 23.5 Å². The van der Waals surface area contributed by atoms with Crippen molar-refractivity contribution in [2.75, 3.05) is 19.7 Å². The first-order valence-electron chi connectivity index (χ1n) is 7.61. The molecule has 1 fully saturated rings. The number of amides is 1. The number of likely N-dealkylation sites (tertiary alicyclic amines) is 1. The van der Waals surface area contributed by atoms with Crippen LogP contribution < -0.4 is 9.47 Å². The highest BCUT2D eigenvalue weighted by Crippen LogP contribution is 2.18. The SMILES string of the molecule is Cc1ccccc1OCC(=O)N1CC[C@H](Oc2cnccn2)C1. The average Bonchev–Trinajstić information content (AvgIpc) is 3.03. The third-order valence-corrected chi connectivity index (χ3v) is 3.77. The van der Waals surface area contributed by atoms with Crippen molar-refractivity contribution in [1.29, 1.82) is 0 Å². The standard InChI is InChI=1S/C17H19N3O3/c1-13-4-2-3-5-15(13)22-12-17(21)20-9-6-14(11-20)23-16-10-18-7-8-19-16/h2-5,7-8,10,14H,6,9,11-12H2,1H3/t14-/m0/s1. The number of aryl methyl sites for hydroxylation is 1. The van der Waals surface area contributed by atoms with Crippen LogP contribution in [0.3, 0.4) is 0 Å². The Morgan fingerprint density at radius 3 is 3.00 bits per heavy atom. The van der Waals surface area contributed by atoms with Gasteiger partial charge in [-0.1, -0.05) is 18.2 Å². The highest BCUT2D eigenvalue weighted by molar-refractivity contribution is 5.78. The number of carbonyl (C=O) groups is 1. The van der Waals surface area contributed by atoms with Gasteiger partial charge < -0.3 is 14.4 Å². The maximum absolute atomic E-state index is 12.2. The molecule has 1 amide bonds. The monoisotopic (exact) mass is 313 g/mol. The van der Waals surface area contributed by atoms with Gasteiger partial charge in [-0.2, -0.15) is 0 Å². The number of nitrogens with zero attached hydrogens (tertiary/aromatic N) is 3. The summed E-state index contributed by atoms with van der Waals surface area (Å²) in [5, 5.41) is 0. The van der Waals surface area contributed by atoms with Crippen molar-refractivity contribution in [3.8, 4) is 11.6 Å². The van der Waals surface area contributed by atoms with Crippen LogP contribution in [0, 0.1) is 6.92 Å². The molecule has 0 aliphatic carbocycles. The molecule has 6 heteroatoms. The van der Waals surface area contributed by atoms with Gasteiger partial charge >= 0.3 is 0 Å². The van der Waals surface area contributed by atoms with E-state index < -0.39 is 0 Å². The molecule has 0 saturated carbocycles. The Hall–Kier alpha value is -2.63. The van der Waals surface area contributed by atoms with Gasteiger partial charge in [-0.15, -0.1) is 0 Å². The Bertz CT molecular complexity index is 663. The van der Waals surface area contributed by atoms with Gasteiger partial charge in [-0.3, -0.25) is 9.78 Å². The summed E-state index contributed by atoms with van der Waals surface area (Å²) in [6.07, 6.45) is 5.50. The maximum Gasteiger partial charge on any atom is 0.260 e. The molecule has 1 saturated heterocycles. The van der Waals surface area contributed by atoms with Crippen LogP contribution in [-0.4, -0.2) is 46.6 Å². The van der Waals surface area contributed by atoms with Gasteiger partial charge in [0.15, 0.2) is 6.61 Å². The molecule has 1 aromatic carbocycles. The van der Waals surface area contributed by atoms with Crippen molar-refractivity contribution < 1.29 is 14.3 Å². The number of ether oxygens (including phenoxy) is 2. The van der Waals surface area contributed by atoms with E-state index in [-0.39, 0.29) is 18.6 Å². The molecule has 1 aliphatic rings. The molecule has 1 aromatic heterocycles. The zero-order valence-corrected chi connectivity index (χ0v) is 13.0. The van der Waals surface area contributed by atoms with Gasteiger partial charge in [-0.25, -0.2) is 4.98 Å². The van der Waals surface area contributed by atoms with E-state index in [4.69, 9.17) is 9.47 Å². The zero-order chi connectivity index (χ0) is 16.1. The number of hydrogen-bond donors (Lipinski definition) is 0. The Labute approximate surface area is 135 Å². The first-order valence-corrected chi connectivity index (χ1v) is 7.61. The second-order valence-corrected chi connectivity index (χ2v) is 5.47. The lowest BCUT2D eigenvalue weighted by molar-refractivity contribution is -0.132. The highest BCUT2D eigenvalue weighted by Gasteiger charge is 2.28. The molecular weight excluding hydrogens is 294 g/mol. The van der Waals surface area contributed by atoms with E-state index in [1.165, 1.54) is 0 Å². The molecule has 0 bridgehead atoms. The Kier molecular flexibility index (Phi) is 4.71. The fourth-order valence-corrected chi connectivity index (χ4v) is 2.52. The van der Waals surface area contributed by atoms with E-state index in [0.29, 0.717) is 19.0 Å². The van der Waals surface area contributed by atoms with Crippen LogP contribution in [0.2, 0.25) is 0 Å². The highest BCUT2D eigenvalue weighted by atomic mass is 16.5. The molecule has 2 heterocycles. The summed E-state index contributed by atoms with van der Waals surface area (Å²) in [5.41, 5.74) is 1.02. The molecular formula is C17H19N3O3. The fourth-order valence-electron chi connectivity index (χ4n) is 2.52. The lowest BCUT2D eigenvalue weighted by atomic mass is 10.2. The van der Waals surface area contributed by atoms with Gasteiger partial charge in [0.2, 0.25) is 5.88 Å². The van der Waals surface area contributed by atoms with Crippen molar-refractivity contribution >= 4 is 5.91 Å². The molecule has 23 heavy (non-hydrogen) atoms. The fraction of sp³-hybridized carbons (Fsp3) is 0.353. The number of aromatic nitrogens is 2. The summed E-state index contributed by atoms with van der Waals surface area (Å²) in [7, 11) is 0. The van der Waals surface area contributed by atoms with Crippen LogP contribution in [0.1, 0.15) is 12.0 Å². The molecule has 3 rings (SSSR count). The van der Waals surface area contributed by atoms with Crippen LogP contribution in [0.4, 0.5) is 0 Å². The largest absolute Gasteiger partial charge is 0.484 e. The minimum atomic E-state index is -0.0471. The van der Waals surface area contributed by atoms with Crippen LogP contribution in [0.15, 0.2) is 42.9 Å². The third kappa shape index (κ3) is 3.97. The Morgan fingerprint density at radius 2 is 2.22 bits per heavy atom. The smallest absolute Gasteiger partial charge is 0.260 e. The molecule has 2 aromatic rings. The number of hydrogen-bond acceptors (Lipinski definition) is 5. The van der Waals surface area contributed by atoms with E-state index in [2.05, 4.69) is 9.97 Å². The number of para-hydroxylation sites is 1. The van der Waals surface area contributed by atoms with Gasteiger partial charge in [0.05, 0.1) is 12.7 Å². The topological polar surface area (TPSA) is 64.5 Å². The summed E-state index contributed by atoms with van der Waals surface area (Å²) in [5.74, 6) is 1.20. The Morgan fingerprint density at radius 1 is 1.35 bits per heavy atom. The van der Waals surface area contributed by atoms with Crippen molar-refractivity contribution in [2.24, 2.45) is 0 Å². The molecule has 0 spiro atoms. The van der Waals surface area contributed by atoms with E-state index in [9.17, 15) is 4.79 Å². The third-order valence-electron chi connectivity index (χ3n) is 3.77. The molecule has 0 N–H and O–H groups in total. The van der Waals surface area contributed by atoms with Crippen molar-refractivity contribution in [3.63, 3.8) is 0 Å². The number of carbonyl (C=O) groups excluding carboxylic acids is 1. The lowest BCUT2D eigenvalue weighted by Gasteiger charge is -2.17. The molecule has 6 nitrogen and oxygen atoms in total. The molecule has 0 unspecified atom stereocenters. The van der Waals surface area contributed by atoms with E-state index in [1.807, 2.05) is 31.2 Å². The van der Waals surface area contributed by atoms with E-state index in [0.717, 1.165) is 17.7 Å². The minimum Gasteiger partial charge on any atom is -0.484 e. The second-order valence-electron chi connectivity index (χ2n) is 5.47. The molecule has 0 radical (unpaired) electrons. The van der Waals surface area contributed by atoms with E-state index >= 15 is 0 Å². The predicted molar refractivity (Wildman–Crippen MR) is 84.3 cm³/mol.